The first-order chi connectivity index (χ1) is 13.9. The Kier molecular flexibility index (Phi) is 4.93. The first-order valence-electron chi connectivity index (χ1n) is 9.62. The van der Waals surface area contributed by atoms with E-state index in [0.717, 1.165) is 0 Å². The van der Waals surface area contributed by atoms with Crippen LogP contribution in [0.1, 0.15) is 12.8 Å². The normalized spacial score (nSPS) is 24.8. The van der Waals surface area contributed by atoms with Crippen molar-refractivity contribution in [1.29, 1.82) is 0 Å². The van der Waals surface area contributed by atoms with Gasteiger partial charge in [0.25, 0.3) is 0 Å². The van der Waals surface area contributed by atoms with E-state index in [0.29, 0.717) is 25.9 Å². The van der Waals surface area contributed by atoms with Gasteiger partial charge in [-0.3, -0.25) is 9.69 Å². The summed E-state index contributed by atoms with van der Waals surface area (Å²) < 4.78 is 19.5. The number of ether oxygens (including phenoxy) is 1. The number of likely N-dealkylation sites (N-methyl/N-ethyl adjacent to an activating group) is 2. The minimum Gasteiger partial charge on any atom is -0.487 e. The number of rotatable bonds is 4. The van der Waals surface area contributed by atoms with Gasteiger partial charge in [0, 0.05) is 40.0 Å². The van der Waals surface area contributed by atoms with Crippen LogP contribution in [0.15, 0.2) is 24.3 Å². The number of nitrogens with one attached hydrogen (secondary N) is 1. The van der Waals surface area contributed by atoms with Crippen LogP contribution in [0.4, 0.5) is 14.0 Å². The van der Waals surface area contributed by atoms with E-state index in [2.05, 4.69) is 5.32 Å². The molecule has 3 aliphatic heterocycles. The van der Waals surface area contributed by atoms with Crippen molar-refractivity contribution in [2.45, 2.75) is 31.3 Å². The number of hydrogen-bond donors (Lipinski definition) is 1. The molecule has 2 atom stereocenters. The number of hydrogen-bond acceptors (Lipinski definition) is 4. The Balaban J connectivity index is 1.33. The third-order valence-electron chi connectivity index (χ3n) is 5.78. The Morgan fingerprint density at radius 1 is 1.17 bits per heavy atom. The average molecular weight is 405 g/mol. The zero-order valence-electron chi connectivity index (χ0n) is 16.4. The lowest BCUT2D eigenvalue weighted by Crippen LogP contribution is -2.51. The predicted molar refractivity (Wildman–Crippen MR) is 100 cm³/mol. The minimum absolute atomic E-state index is 0.0999. The Hall–Kier alpha value is -3.04. The number of carbonyl (C=O) groups is 3. The second kappa shape index (κ2) is 7.41. The molecule has 10 heteroatoms. The topological polar surface area (TPSA) is 85.4 Å². The summed E-state index contributed by atoms with van der Waals surface area (Å²) in [6.45, 7) is 0.837. The number of urea groups is 2. The van der Waals surface area contributed by atoms with E-state index in [-0.39, 0.29) is 36.4 Å². The highest BCUT2D eigenvalue weighted by Crippen LogP contribution is 2.27. The Morgan fingerprint density at radius 2 is 1.86 bits per heavy atom. The van der Waals surface area contributed by atoms with Crippen molar-refractivity contribution >= 4 is 18.0 Å². The van der Waals surface area contributed by atoms with Crippen LogP contribution in [0.3, 0.4) is 0 Å². The summed E-state index contributed by atoms with van der Waals surface area (Å²) in [5.74, 6) is -0.364. The van der Waals surface area contributed by atoms with Crippen molar-refractivity contribution < 1.29 is 23.5 Å². The molecule has 1 aromatic rings. The average Bonchev–Trinajstić information content (AvgIpc) is 3.14. The highest BCUT2D eigenvalue weighted by Gasteiger charge is 2.53. The van der Waals surface area contributed by atoms with Gasteiger partial charge in [-0.05, 0) is 12.1 Å². The molecule has 0 aliphatic carbocycles. The molecule has 1 aromatic carbocycles. The Labute approximate surface area is 168 Å². The number of likely N-dealkylation sites (tertiary alicyclic amines) is 1. The second-order valence-electron chi connectivity index (χ2n) is 7.57. The number of fused-ring (bicyclic) bond motifs is 1. The summed E-state index contributed by atoms with van der Waals surface area (Å²) in [7, 11) is 3.24. The quantitative estimate of drug-likeness (QED) is 0.806. The summed E-state index contributed by atoms with van der Waals surface area (Å²) in [6, 6.07) is 5.69. The van der Waals surface area contributed by atoms with Gasteiger partial charge in [0.2, 0.25) is 5.91 Å². The summed E-state index contributed by atoms with van der Waals surface area (Å²) in [4.78, 5) is 43.2. The van der Waals surface area contributed by atoms with Crippen molar-refractivity contribution in [3.05, 3.63) is 30.1 Å². The maximum atomic E-state index is 13.7. The van der Waals surface area contributed by atoms with Crippen molar-refractivity contribution in [2.24, 2.45) is 0 Å². The minimum atomic E-state index is -0.508. The maximum absolute atomic E-state index is 13.7. The first kappa shape index (κ1) is 19.3. The monoisotopic (exact) mass is 405 g/mol. The van der Waals surface area contributed by atoms with Gasteiger partial charge in [-0.1, -0.05) is 12.1 Å². The van der Waals surface area contributed by atoms with Crippen molar-refractivity contribution in [3.8, 4) is 5.75 Å². The standard InChI is InChI=1S/C19H24FN5O4/c1-22-16-17(23(2)19(22)28)25(18(27)21-16)11-15(26)24-9-7-12(8-10-24)29-14-6-4-3-5-13(14)20/h3-6,12,16-17H,7-11H2,1-2H3,(H,21,27)/t16-,17-/m1/s1. The molecule has 3 fully saturated rings. The van der Waals surface area contributed by atoms with Gasteiger partial charge < -0.3 is 24.8 Å². The molecule has 9 nitrogen and oxygen atoms in total. The van der Waals surface area contributed by atoms with Gasteiger partial charge in [0.05, 0.1) is 0 Å². The van der Waals surface area contributed by atoms with Crippen LogP contribution in [0, 0.1) is 5.82 Å². The molecular weight excluding hydrogens is 381 g/mol. The maximum Gasteiger partial charge on any atom is 0.323 e. The molecular formula is C19H24FN5O4. The smallest absolute Gasteiger partial charge is 0.323 e. The highest BCUT2D eigenvalue weighted by atomic mass is 19.1. The molecule has 29 heavy (non-hydrogen) atoms. The van der Waals surface area contributed by atoms with Crippen LogP contribution in [0.2, 0.25) is 0 Å². The lowest BCUT2D eigenvalue weighted by molar-refractivity contribution is -0.134. The van der Waals surface area contributed by atoms with Gasteiger partial charge in [-0.25, -0.2) is 14.0 Å². The number of benzene rings is 1. The SMILES string of the molecule is CN1C(=O)N(C)[C@H]2NC(=O)N(CC(=O)N3CCC(Oc4ccccc4F)CC3)[C@H]21. The number of para-hydroxylation sites is 1. The molecule has 0 radical (unpaired) electrons. The largest absolute Gasteiger partial charge is 0.487 e. The molecule has 0 aromatic heterocycles. The third kappa shape index (κ3) is 3.43. The molecule has 1 N–H and O–H groups in total. The second-order valence-corrected chi connectivity index (χ2v) is 7.57. The van der Waals surface area contributed by atoms with E-state index >= 15 is 0 Å². The summed E-state index contributed by atoms with van der Waals surface area (Å²) in [5, 5.41) is 2.75. The molecule has 3 aliphatic rings. The number of carbonyl (C=O) groups excluding carboxylic acids is 3. The third-order valence-corrected chi connectivity index (χ3v) is 5.78. The van der Waals surface area contributed by atoms with E-state index in [1.807, 2.05) is 0 Å². The fraction of sp³-hybridized carbons (Fsp3) is 0.526. The van der Waals surface area contributed by atoms with Crippen LogP contribution in [-0.4, -0.2) is 89.7 Å². The van der Waals surface area contributed by atoms with Crippen LogP contribution >= 0.6 is 0 Å². The van der Waals surface area contributed by atoms with Crippen molar-refractivity contribution in [2.75, 3.05) is 33.7 Å². The van der Waals surface area contributed by atoms with Crippen LogP contribution in [0.25, 0.3) is 0 Å². The van der Waals surface area contributed by atoms with E-state index in [1.165, 1.54) is 20.8 Å². The Morgan fingerprint density at radius 3 is 2.55 bits per heavy atom. The van der Waals surface area contributed by atoms with Crippen molar-refractivity contribution in [3.63, 3.8) is 0 Å². The Bertz CT molecular complexity index is 829. The van der Waals surface area contributed by atoms with E-state index < -0.39 is 18.1 Å². The number of piperidine rings is 1. The summed E-state index contributed by atoms with van der Waals surface area (Å²) in [5.41, 5.74) is 0. The van der Waals surface area contributed by atoms with Crippen molar-refractivity contribution in [1.82, 2.24) is 24.9 Å². The predicted octanol–water partition coefficient (Wildman–Crippen LogP) is 0.870. The molecule has 0 bridgehead atoms. The number of nitrogens with zero attached hydrogens (tertiary/aromatic N) is 4. The zero-order valence-corrected chi connectivity index (χ0v) is 16.4. The van der Waals surface area contributed by atoms with Gasteiger partial charge in [-0.2, -0.15) is 0 Å². The van der Waals surface area contributed by atoms with E-state index in [1.54, 1.807) is 37.2 Å². The highest BCUT2D eigenvalue weighted by molar-refractivity contribution is 5.88. The fourth-order valence-corrected chi connectivity index (χ4v) is 4.13. The molecule has 0 saturated carbocycles. The lowest BCUT2D eigenvalue weighted by atomic mass is 10.1. The van der Waals surface area contributed by atoms with Gasteiger partial charge in [0.15, 0.2) is 11.6 Å². The first-order valence-corrected chi connectivity index (χ1v) is 9.62. The molecule has 3 heterocycles. The van der Waals surface area contributed by atoms with Gasteiger partial charge >= 0.3 is 12.1 Å². The molecule has 0 spiro atoms. The van der Waals surface area contributed by atoms with Gasteiger partial charge in [0.1, 0.15) is 25.0 Å². The van der Waals surface area contributed by atoms with E-state index in [4.69, 9.17) is 4.74 Å². The fourth-order valence-electron chi connectivity index (χ4n) is 4.13. The lowest BCUT2D eigenvalue weighted by Gasteiger charge is -2.34. The van der Waals surface area contributed by atoms with Crippen LogP contribution in [0.5, 0.6) is 5.75 Å². The molecule has 5 amide bonds. The number of halogens is 1. The summed E-state index contributed by atoms with van der Waals surface area (Å²) in [6.07, 6.45) is 0.0278. The molecule has 3 saturated heterocycles. The molecule has 0 unspecified atom stereocenters. The zero-order chi connectivity index (χ0) is 20.7. The van der Waals surface area contributed by atoms with Gasteiger partial charge in [-0.15, -0.1) is 0 Å². The van der Waals surface area contributed by atoms with Crippen LogP contribution < -0.4 is 10.1 Å². The summed E-state index contributed by atoms with van der Waals surface area (Å²) >= 11 is 0. The van der Waals surface area contributed by atoms with E-state index in [9.17, 15) is 18.8 Å². The van der Waals surface area contributed by atoms with Crippen LogP contribution in [-0.2, 0) is 4.79 Å². The molecule has 156 valence electrons. The molecule has 4 rings (SSSR count). The number of amides is 5.